The van der Waals surface area contributed by atoms with E-state index in [-0.39, 0.29) is 23.7 Å². The number of benzene rings is 1. The molecule has 9 heteroatoms. The molecule has 2 aliphatic heterocycles. The van der Waals surface area contributed by atoms with Gasteiger partial charge in [0.15, 0.2) is 5.78 Å². The lowest BCUT2D eigenvalue weighted by atomic mass is 9.67. The van der Waals surface area contributed by atoms with Gasteiger partial charge < -0.3 is 20.4 Å². The molecular formula is C31H40N6O2S. The highest BCUT2D eigenvalue weighted by Gasteiger charge is 2.40. The number of carbonyl (C=O) groups excluding carboxylic acids is 2. The molecule has 1 aromatic carbocycles. The molecule has 2 aliphatic rings. The Hall–Kier alpha value is -3.30. The molecule has 2 fully saturated rings. The van der Waals surface area contributed by atoms with Crippen molar-refractivity contribution in [2.75, 3.05) is 52.0 Å². The van der Waals surface area contributed by atoms with Crippen molar-refractivity contribution in [3.8, 4) is 10.4 Å². The number of nitrogen functional groups attached to an aromatic ring is 1. The number of nitrogens with zero attached hydrogens (tertiary/aromatic N) is 5. The maximum atomic E-state index is 13.1. The minimum Gasteiger partial charge on any atom is -0.398 e. The van der Waals surface area contributed by atoms with Crippen LogP contribution < -0.4 is 5.73 Å². The zero-order valence-corrected chi connectivity index (χ0v) is 24.6. The summed E-state index contributed by atoms with van der Waals surface area (Å²) in [6, 6.07) is 10.1. The number of piperidine rings is 1. The number of ketones is 1. The molecule has 0 saturated carbocycles. The van der Waals surface area contributed by atoms with Crippen LogP contribution in [0.1, 0.15) is 48.4 Å². The number of likely N-dealkylation sites (N-methyl/N-ethyl adjacent to an activating group) is 1. The van der Waals surface area contributed by atoms with Crippen LogP contribution in [0.15, 0.2) is 48.1 Å². The topological polar surface area (TPSA) is 95.7 Å². The van der Waals surface area contributed by atoms with E-state index in [4.69, 9.17) is 5.73 Å². The highest BCUT2D eigenvalue weighted by atomic mass is 32.1. The minimum atomic E-state index is -0.0455. The Balaban J connectivity index is 1.21. The summed E-state index contributed by atoms with van der Waals surface area (Å²) in [5, 5.41) is 2.04. The van der Waals surface area contributed by atoms with Gasteiger partial charge in [0, 0.05) is 75.1 Å². The fraction of sp³-hybridized carbons (Fsp3) is 0.484. The molecule has 212 valence electrons. The maximum Gasteiger partial charge on any atom is 0.320 e. The van der Waals surface area contributed by atoms with Crippen LogP contribution in [0.3, 0.4) is 0 Å². The Bertz CT molecular complexity index is 1310. The van der Waals surface area contributed by atoms with E-state index in [1.807, 2.05) is 39.4 Å². The van der Waals surface area contributed by atoms with E-state index in [1.165, 1.54) is 0 Å². The summed E-state index contributed by atoms with van der Waals surface area (Å²) >= 11 is 1.66. The van der Waals surface area contributed by atoms with Gasteiger partial charge in [-0.3, -0.25) is 4.79 Å². The van der Waals surface area contributed by atoms with Gasteiger partial charge in [0.25, 0.3) is 0 Å². The van der Waals surface area contributed by atoms with Crippen LogP contribution in [0.25, 0.3) is 10.4 Å². The summed E-state index contributed by atoms with van der Waals surface area (Å²) in [5.41, 5.74) is 9.23. The monoisotopic (exact) mass is 560 g/mol. The van der Waals surface area contributed by atoms with Crippen LogP contribution in [0.2, 0.25) is 0 Å². The number of urea groups is 1. The standard InChI is InChI=1S/C31H40N6O2S/c1-22(2)31(8-10-36(11-9-31)30(39)37-14-12-35(3)13-15-37)19-29-33-20-25(21-34-29)27(38)18-24-17-23(6-7-26(24)32)28-5-4-16-40-28/h4-7,16-17,20-22H,8-15,18-19,32H2,1-3H3. The van der Waals surface area contributed by atoms with Crippen LogP contribution in [0, 0.1) is 11.3 Å². The van der Waals surface area contributed by atoms with Gasteiger partial charge in [-0.2, -0.15) is 0 Å². The Morgan fingerprint density at radius 2 is 1.68 bits per heavy atom. The summed E-state index contributed by atoms with van der Waals surface area (Å²) in [7, 11) is 2.10. The van der Waals surface area contributed by atoms with Gasteiger partial charge in [0.2, 0.25) is 0 Å². The van der Waals surface area contributed by atoms with Crippen molar-refractivity contribution in [2.45, 2.75) is 39.5 Å². The molecule has 0 aliphatic carbocycles. The number of Topliss-reactive ketones (excluding diaryl/α,β-unsaturated/α-hetero) is 1. The second-order valence-electron chi connectivity index (χ2n) is 11.6. The van der Waals surface area contributed by atoms with Gasteiger partial charge >= 0.3 is 6.03 Å². The van der Waals surface area contributed by atoms with Crippen molar-refractivity contribution in [2.24, 2.45) is 11.3 Å². The van der Waals surface area contributed by atoms with E-state index >= 15 is 0 Å². The predicted molar refractivity (Wildman–Crippen MR) is 160 cm³/mol. The van der Waals surface area contributed by atoms with Crippen molar-refractivity contribution in [3.05, 3.63) is 65.1 Å². The van der Waals surface area contributed by atoms with E-state index < -0.39 is 0 Å². The first-order chi connectivity index (χ1) is 19.2. The van der Waals surface area contributed by atoms with Crippen molar-refractivity contribution in [3.63, 3.8) is 0 Å². The molecule has 3 aromatic rings. The second-order valence-corrected chi connectivity index (χ2v) is 12.6. The summed E-state index contributed by atoms with van der Waals surface area (Å²) < 4.78 is 0. The third kappa shape index (κ3) is 6.20. The molecule has 2 aromatic heterocycles. The number of rotatable bonds is 7. The van der Waals surface area contributed by atoms with E-state index in [0.717, 1.165) is 80.4 Å². The van der Waals surface area contributed by atoms with Gasteiger partial charge in [0.05, 0.1) is 5.56 Å². The number of nitrogens with two attached hydrogens (primary N) is 1. The number of anilines is 1. The van der Waals surface area contributed by atoms with Crippen LogP contribution in [0.5, 0.6) is 0 Å². The first-order valence-corrected chi connectivity index (χ1v) is 15.1. The average molecular weight is 561 g/mol. The van der Waals surface area contributed by atoms with E-state index in [2.05, 4.69) is 41.8 Å². The quantitative estimate of drug-likeness (QED) is 0.328. The maximum absolute atomic E-state index is 13.1. The smallest absolute Gasteiger partial charge is 0.320 e. The van der Waals surface area contributed by atoms with Crippen molar-refractivity contribution >= 4 is 28.8 Å². The Morgan fingerprint density at radius 1 is 1.00 bits per heavy atom. The molecule has 0 atom stereocenters. The number of hydrogen-bond donors (Lipinski definition) is 1. The Kier molecular flexibility index (Phi) is 8.51. The molecular weight excluding hydrogens is 520 g/mol. The third-order valence-electron chi connectivity index (χ3n) is 8.87. The van der Waals surface area contributed by atoms with Crippen molar-refractivity contribution in [1.82, 2.24) is 24.7 Å². The average Bonchev–Trinajstić information content (AvgIpc) is 3.50. The number of carbonyl (C=O) groups is 2. The lowest BCUT2D eigenvalue weighted by molar-refractivity contribution is 0.0563. The molecule has 2 amide bonds. The largest absolute Gasteiger partial charge is 0.398 e. The highest BCUT2D eigenvalue weighted by molar-refractivity contribution is 7.13. The van der Waals surface area contributed by atoms with Gasteiger partial charge in [-0.05, 0) is 65.9 Å². The summed E-state index contributed by atoms with van der Waals surface area (Å²) in [4.78, 5) is 42.9. The van der Waals surface area contributed by atoms with E-state index in [9.17, 15) is 9.59 Å². The van der Waals surface area contributed by atoms with Crippen molar-refractivity contribution < 1.29 is 9.59 Å². The summed E-state index contributed by atoms with van der Waals surface area (Å²) in [6.07, 6.45) is 6.11. The predicted octanol–water partition coefficient (Wildman–Crippen LogP) is 4.86. The first kappa shape index (κ1) is 28.2. The SMILES string of the molecule is CC(C)C1(Cc2ncc(C(=O)Cc3cc(-c4cccs4)ccc3N)cn2)CCN(C(=O)N2CCN(C)CC2)CC1. The normalized spacial score (nSPS) is 17.8. The molecule has 0 bridgehead atoms. The first-order valence-electron chi connectivity index (χ1n) is 14.2. The van der Waals surface area contributed by atoms with Crippen LogP contribution in [-0.2, 0) is 12.8 Å². The van der Waals surface area contributed by atoms with Gasteiger partial charge in [-0.1, -0.05) is 26.0 Å². The number of aromatic nitrogens is 2. The molecule has 2 N–H and O–H groups in total. The molecule has 0 unspecified atom stereocenters. The molecule has 5 rings (SSSR count). The summed E-state index contributed by atoms with van der Waals surface area (Å²) in [6.45, 7) is 9.48. The molecule has 0 spiro atoms. The fourth-order valence-electron chi connectivity index (χ4n) is 5.83. The lowest BCUT2D eigenvalue weighted by Gasteiger charge is -2.46. The van der Waals surface area contributed by atoms with Gasteiger partial charge in [-0.15, -0.1) is 11.3 Å². The number of piperazine rings is 1. The zero-order chi connectivity index (χ0) is 28.3. The minimum absolute atomic E-state index is 0.0289. The number of thiophene rings is 1. The van der Waals surface area contributed by atoms with Gasteiger partial charge in [0.1, 0.15) is 5.82 Å². The molecule has 8 nitrogen and oxygen atoms in total. The van der Waals surface area contributed by atoms with E-state index in [1.54, 1.807) is 23.7 Å². The number of hydrogen-bond acceptors (Lipinski definition) is 7. The fourth-order valence-corrected chi connectivity index (χ4v) is 6.56. The number of likely N-dealkylation sites (tertiary alicyclic amines) is 1. The zero-order valence-electron chi connectivity index (χ0n) is 23.8. The Labute approximate surface area is 241 Å². The second kappa shape index (κ2) is 12.1. The number of amides is 2. The molecule has 0 radical (unpaired) electrons. The third-order valence-corrected chi connectivity index (χ3v) is 9.78. The summed E-state index contributed by atoms with van der Waals surface area (Å²) in [5.74, 6) is 1.14. The lowest BCUT2D eigenvalue weighted by Crippen LogP contribution is -2.55. The van der Waals surface area contributed by atoms with E-state index in [0.29, 0.717) is 17.2 Å². The highest BCUT2D eigenvalue weighted by Crippen LogP contribution is 2.41. The van der Waals surface area contributed by atoms with Crippen molar-refractivity contribution in [1.29, 1.82) is 0 Å². The molecule has 2 saturated heterocycles. The molecule has 40 heavy (non-hydrogen) atoms. The van der Waals surface area contributed by atoms with Gasteiger partial charge in [-0.25, -0.2) is 14.8 Å². The van der Waals surface area contributed by atoms with Crippen LogP contribution in [0.4, 0.5) is 10.5 Å². The van der Waals surface area contributed by atoms with Crippen LogP contribution >= 0.6 is 11.3 Å². The molecule has 4 heterocycles. The Morgan fingerprint density at radius 3 is 2.30 bits per heavy atom. The van der Waals surface area contributed by atoms with Crippen LogP contribution in [-0.4, -0.2) is 82.8 Å².